The lowest BCUT2D eigenvalue weighted by Crippen LogP contribution is -2.36. The normalized spacial score (nSPS) is 21.1. The molecule has 1 amide bonds. The first-order valence-electron chi connectivity index (χ1n) is 9.60. The molecular formula is C19H28N2O5S. The molecule has 0 aromatic heterocycles. The van der Waals surface area contributed by atoms with Crippen LogP contribution in [0.25, 0.3) is 0 Å². The highest BCUT2D eigenvalue weighted by atomic mass is 32.2. The van der Waals surface area contributed by atoms with Crippen molar-refractivity contribution in [2.45, 2.75) is 62.0 Å². The second-order valence-electron chi connectivity index (χ2n) is 7.16. The van der Waals surface area contributed by atoms with Gasteiger partial charge in [-0.1, -0.05) is 19.3 Å². The third-order valence-corrected chi connectivity index (χ3v) is 6.61. The van der Waals surface area contributed by atoms with Crippen LogP contribution in [0, 0.1) is 0 Å². The standard InChI is InChI=1S/C19H28N2O5S/c1-25-18-10-9-16(27(23,24)20-13-15-8-5-11-26-15)12-17(18)19(22)21-14-6-3-2-4-7-14/h9-10,12,14-15,20H,2-8,11,13H2,1H3,(H,21,22)/t15-/m0/s1. The van der Waals surface area contributed by atoms with Gasteiger partial charge in [-0.3, -0.25) is 4.79 Å². The van der Waals surface area contributed by atoms with Gasteiger partial charge < -0.3 is 14.8 Å². The second kappa shape index (κ2) is 9.03. The summed E-state index contributed by atoms with van der Waals surface area (Å²) in [5.74, 6) is 0.0660. The van der Waals surface area contributed by atoms with E-state index in [4.69, 9.17) is 9.47 Å². The summed E-state index contributed by atoms with van der Waals surface area (Å²) in [5, 5.41) is 3.01. The molecule has 2 aliphatic rings. The van der Waals surface area contributed by atoms with Crippen molar-refractivity contribution in [2.24, 2.45) is 0 Å². The molecule has 1 atom stereocenters. The number of amides is 1. The van der Waals surface area contributed by atoms with Gasteiger partial charge in [0.15, 0.2) is 0 Å². The van der Waals surface area contributed by atoms with Crippen molar-refractivity contribution in [3.05, 3.63) is 23.8 Å². The molecule has 27 heavy (non-hydrogen) atoms. The Morgan fingerprint density at radius 1 is 1.19 bits per heavy atom. The highest BCUT2D eigenvalue weighted by molar-refractivity contribution is 7.89. The molecule has 1 saturated heterocycles. The molecule has 0 unspecified atom stereocenters. The van der Waals surface area contributed by atoms with Crippen LogP contribution in [0.2, 0.25) is 0 Å². The van der Waals surface area contributed by atoms with E-state index < -0.39 is 10.0 Å². The van der Waals surface area contributed by atoms with Crippen LogP contribution in [0.4, 0.5) is 0 Å². The Morgan fingerprint density at radius 3 is 2.63 bits per heavy atom. The molecule has 2 N–H and O–H groups in total. The SMILES string of the molecule is COc1ccc(S(=O)(=O)NC[C@@H]2CCCO2)cc1C(=O)NC1CCCCC1. The number of carbonyl (C=O) groups is 1. The minimum atomic E-state index is -3.73. The summed E-state index contributed by atoms with van der Waals surface area (Å²) in [6, 6.07) is 4.49. The molecule has 1 heterocycles. The number of methoxy groups -OCH3 is 1. The smallest absolute Gasteiger partial charge is 0.255 e. The molecule has 2 fully saturated rings. The quantitative estimate of drug-likeness (QED) is 0.737. The molecule has 0 radical (unpaired) electrons. The fourth-order valence-electron chi connectivity index (χ4n) is 3.63. The molecule has 1 aromatic carbocycles. The van der Waals surface area contributed by atoms with Crippen LogP contribution in [0.1, 0.15) is 55.3 Å². The van der Waals surface area contributed by atoms with Gasteiger partial charge in [-0.15, -0.1) is 0 Å². The average molecular weight is 397 g/mol. The van der Waals surface area contributed by atoms with E-state index in [1.165, 1.54) is 31.7 Å². The molecule has 0 bridgehead atoms. The van der Waals surface area contributed by atoms with E-state index in [9.17, 15) is 13.2 Å². The fourth-order valence-corrected chi connectivity index (χ4v) is 4.73. The van der Waals surface area contributed by atoms with Crippen molar-refractivity contribution in [1.29, 1.82) is 0 Å². The van der Waals surface area contributed by atoms with Crippen LogP contribution in [0.3, 0.4) is 0 Å². The number of sulfonamides is 1. The molecule has 1 aliphatic carbocycles. The number of hydrogen-bond donors (Lipinski definition) is 2. The highest BCUT2D eigenvalue weighted by Gasteiger charge is 2.24. The lowest BCUT2D eigenvalue weighted by atomic mass is 9.95. The van der Waals surface area contributed by atoms with E-state index in [1.54, 1.807) is 0 Å². The number of hydrogen-bond acceptors (Lipinski definition) is 5. The third kappa shape index (κ3) is 5.21. The minimum absolute atomic E-state index is 0.0510. The topological polar surface area (TPSA) is 93.7 Å². The summed E-state index contributed by atoms with van der Waals surface area (Å²) < 4.78 is 38.5. The Bertz CT molecular complexity index is 753. The van der Waals surface area contributed by atoms with E-state index in [2.05, 4.69) is 10.0 Å². The number of carbonyl (C=O) groups excluding carboxylic acids is 1. The van der Waals surface area contributed by atoms with Crippen LogP contribution in [0.5, 0.6) is 5.75 Å². The van der Waals surface area contributed by atoms with Crippen LogP contribution < -0.4 is 14.8 Å². The first-order valence-corrected chi connectivity index (χ1v) is 11.1. The van der Waals surface area contributed by atoms with Crippen molar-refractivity contribution in [3.8, 4) is 5.75 Å². The maximum atomic E-state index is 12.7. The second-order valence-corrected chi connectivity index (χ2v) is 8.92. The zero-order chi connectivity index (χ0) is 19.3. The van der Waals surface area contributed by atoms with Gasteiger partial charge in [0.2, 0.25) is 10.0 Å². The molecule has 8 heteroatoms. The monoisotopic (exact) mass is 396 g/mol. The van der Waals surface area contributed by atoms with Gasteiger partial charge in [-0.2, -0.15) is 0 Å². The van der Waals surface area contributed by atoms with Gasteiger partial charge in [0, 0.05) is 19.2 Å². The number of rotatable bonds is 7. The van der Waals surface area contributed by atoms with E-state index in [0.29, 0.717) is 12.4 Å². The Labute approximate surface area is 160 Å². The molecule has 1 aliphatic heterocycles. The first kappa shape index (κ1) is 20.1. The first-order chi connectivity index (χ1) is 13.0. The maximum Gasteiger partial charge on any atom is 0.255 e. The van der Waals surface area contributed by atoms with E-state index in [-0.39, 0.29) is 35.1 Å². The Balaban J connectivity index is 1.74. The number of ether oxygens (including phenoxy) is 2. The molecule has 1 aromatic rings. The molecule has 1 saturated carbocycles. The van der Waals surface area contributed by atoms with Gasteiger partial charge in [0.1, 0.15) is 5.75 Å². The van der Waals surface area contributed by atoms with Crippen LogP contribution >= 0.6 is 0 Å². The summed E-state index contributed by atoms with van der Waals surface area (Å²) in [4.78, 5) is 12.8. The zero-order valence-corrected chi connectivity index (χ0v) is 16.5. The summed E-state index contributed by atoms with van der Waals surface area (Å²) in [6.45, 7) is 0.901. The van der Waals surface area contributed by atoms with Crippen LogP contribution in [0.15, 0.2) is 23.1 Å². The van der Waals surface area contributed by atoms with Crippen molar-refractivity contribution in [1.82, 2.24) is 10.0 Å². The molecule has 150 valence electrons. The van der Waals surface area contributed by atoms with Crippen molar-refractivity contribution in [2.75, 3.05) is 20.3 Å². The zero-order valence-electron chi connectivity index (χ0n) is 15.7. The average Bonchev–Trinajstić information content (AvgIpc) is 3.20. The van der Waals surface area contributed by atoms with Crippen molar-refractivity contribution >= 4 is 15.9 Å². The number of benzene rings is 1. The van der Waals surface area contributed by atoms with Crippen molar-refractivity contribution < 1.29 is 22.7 Å². The van der Waals surface area contributed by atoms with Gasteiger partial charge in [-0.25, -0.2) is 13.1 Å². The van der Waals surface area contributed by atoms with Crippen LogP contribution in [-0.4, -0.2) is 46.7 Å². The summed E-state index contributed by atoms with van der Waals surface area (Å²) in [7, 11) is -2.26. The Morgan fingerprint density at radius 2 is 1.96 bits per heavy atom. The van der Waals surface area contributed by atoms with Gasteiger partial charge in [0.25, 0.3) is 5.91 Å². The lowest BCUT2D eigenvalue weighted by Gasteiger charge is -2.23. The predicted molar refractivity (Wildman–Crippen MR) is 101 cm³/mol. The largest absolute Gasteiger partial charge is 0.496 e. The van der Waals surface area contributed by atoms with Gasteiger partial charge in [0.05, 0.1) is 23.7 Å². The molecule has 3 rings (SSSR count). The predicted octanol–water partition coefficient (Wildman–Crippen LogP) is 2.21. The highest BCUT2D eigenvalue weighted by Crippen LogP contribution is 2.24. The summed E-state index contributed by atoms with van der Waals surface area (Å²) >= 11 is 0. The third-order valence-electron chi connectivity index (χ3n) is 5.19. The Kier molecular flexibility index (Phi) is 6.73. The van der Waals surface area contributed by atoms with E-state index in [1.807, 2.05) is 0 Å². The lowest BCUT2D eigenvalue weighted by molar-refractivity contribution is 0.0924. The summed E-state index contributed by atoms with van der Waals surface area (Å²) in [5.41, 5.74) is 0.239. The van der Waals surface area contributed by atoms with Crippen molar-refractivity contribution in [3.63, 3.8) is 0 Å². The van der Waals surface area contributed by atoms with E-state index >= 15 is 0 Å². The molecular weight excluding hydrogens is 368 g/mol. The summed E-state index contributed by atoms with van der Waals surface area (Å²) in [6.07, 6.45) is 7.00. The van der Waals surface area contributed by atoms with Gasteiger partial charge in [-0.05, 0) is 43.9 Å². The number of nitrogens with one attached hydrogen (secondary N) is 2. The maximum absolute atomic E-state index is 12.7. The molecule has 7 nitrogen and oxygen atoms in total. The fraction of sp³-hybridized carbons (Fsp3) is 0.632. The molecule has 0 spiro atoms. The van der Waals surface area contributed by atoms with Crippen LogP contribution in [-0.2, 0) is 14.8 Å². The minimum Gasteiger partial charge on any atom is -0.496 e. The van der Waals surface area contributed by atoms with E-state index in [0.717, 1.165) is 38.5 Å². The Hall–Kier alpha value is -1.64. The van der Waals surface area contributed by atoms with Gasteiger partial charge >= 0.3 is 0 Å².